The number of nitrogens with zero attached hydrogens (tertiary/aromatic N) is 1. The van der Waals surface area contributed by atoms with Crippen molar-refractivity contribution < 1.29 is 4.90 Å². The van der Waals surface area contributed by atoms with Crippen molar-refractivity contribution in [1.82, 2.24) is 4.90 Å². The second-order valence-electron chi connectivity index (χ2n) is 6.19. The van der Waals surface area contributed by atoms with Crippen molar-refractivity contribution in [3.8, 4) is 0 Å². The minimum Gasteiger partial charge on any atom is -0.338 e. The molecule has 5 heteroatoms. The van der Waals surface area contributed by atoms with Crippen molar-refractivity contribution >= 4 is 40.7 Å². The molecule has 1 saturated heterocycles. The van der Waals surface area contributed by atoms with Gasteiger partial charge < -0.3 is 15.1 Å². The second kappa shape index (κ2) is 8.99. The lowest BCUT2D eigenvalue weighted by Gasteiger charge is -2.33. The standard InChI is InChI=1S/C20H22ClN3S/c21-18-8-10-19(11-9-18)22-20(25)24-15-13-23(14-16-24)12-4-7-17-5-2-1-3-6-17/h1-11H,12-16H2,(H,22,25)/p+1/b7-4+. The highest BCUT2D eigenvalue weighted by Gasteiger charge is 2.20. The van der Waals surface area contributed by atoms with Gasteiger partial charge >= 0.3 is 0 Å². The molecule has 0 aromatic heterocycles. The van der Waals surface area contributed by atoms with E-state index in [1.807, 2.05) is 30.3 Å². The van der Waals surface area contributed by atoms with Gasteiger partial charge in [-0.05, 0) is 48.1 Å². The molecule has 25 heavy (non-hydrogen) atoms. The van der Waals surface area contributed by atoms with E-state index in [1.165, 1.54) is 5.56 Å². The van der Waals surface area contributed by atoms with Crippen LogP contribution >= 0.6 is 23.8 Å². The quantitative estimate of drug-likeness (QED) is 0.805. The zero-order valence-electron chi connectivity index (χ0n) is 14.1. The van der Waals surface area contributed by atoms with Crippen LogP contribution in [0.3, 0.4) is 0 Å². The number of rotatable bonds is 4. The highest BCUT2D eigenvalue weighted by atomic mass is 35.5. The van der Waals surface area contributed by atoms with Gasteiger partial charge in [0.2, 0.25) is 0 Å². The first kappa shape index (κ1) is 17.9. The molecule has 130 valence electrons. The Bertz CT molecular complexity index is 707. The Labute approximate surface area is 159 Å². The number of nitrogens with one attached hydrogen (secondary N) is 2. The first-order chi connectivity index (χ1) is 12.2. The first-order valence-corrected chi connectivity index (χ1v) is 9.36. The van der Waals surface area contributed by atoms with E-state index >= 15 is 0 Å². The predicted octanol–water partition coefficient (Wildman–Crippen LogP) is 2.95. The van der Waals surface area contributed by atoms with Crippen molar-refractivity contribution in [2.75, 3.05) is 38.0 Å². The highest BCUT2D eigenvalue weighted by molar-refractivity contribution is 7.80. The summed E-state index contributed by atoms with van der Waals surface area (Å²) in [5, 5.41) is 4.82. The van der Waals surface area contributed by atoms with Crippen molar-refractivity contribution in [2.45, 2.75) is 0 Å². The monoisotopic (exact) mass is 372 g/mol. The fraction of sp³-hybridized carbons (Fsp3) is 0.250. The minimum absolute atomic E-state index is 0.734. The Morgan fingerprint density at radius 2 is 1.76 bits per heavy atom. The number of piperazine rings is 1. The van der Waals surface area contributed by atoms with Crippen LogP contribution in [0.25, 0.3) is 6.08 Å². The van der Waals surface area contributed by atoms with E-state index in [4.69, 9.17) is 23.8 Å². The summed E-state index contributed by atoms with van der Waals surface area (Å²) in [5.41, 5.74) is 2.24. The summed E-state index contributed by atoms with van der Waals surface area (Å²) in [6, 6.07) is 18.1. The molecular formula is C20H23ClN3S+. The van der Waals surface area contributed by atoms with Crippen molar-refractivity contribution in [2.24, 2.45) is 0 Å². The van der Waals surface area contributed by atoms with E-state index < -0.39 is 0 Å². The summed E-state index contributed by atoms with van der Waals surface area (Å²) in [4.78, 5) is 3.84. The van der Waals surface area contributed by atoms with E-state index in [2.05, 4.69) is 46.6 Å². The van der Waals surface area contributed by atoms with Crippen LogP contribution in [0.2, 0.25) is 5.02 Å². The van der Waals surface area contributed by atoms with Crippen LogP contribution in [0.1, 0.15) is 5.56 Å². The fourth-order valence-corrected chi connectivity index (χ4v) is 3.32. The Kier molecular flexibility index (Phi) is 6.45. The lowest BCUT2D eigenvalue weighted by Crippen LogP contribution is -3.14. The smallest absolute Gasteiger partial charge is 0.173 e. The van der Waals surface area contributed by atoms with Crippen LogP contribution in [-0.2, 0) is 0 Å². The molecule has 2 aromatic carbocycles. The molecule has 2 N–H and O–H groups in total. The molecule has 0 bridgehead atoms. The predicted molar refractivity (Wildman–Crippen MR) is 110 cm³/mol. The van der Waals surface area contributed by atoms with E-state index in [0.29, 0.717) is 0 Å². The molecule has 0 spiro atoms. The maximum Gasteiger partial charge on any atom is 0.173 e. The molecule has 0 saturated carbocycles. The van der Waals surface area contributed by atoms with E-state index in [1.54, 1.807) is 4.90 Å². The molecule has 2 aromatic rings. The molecule has 1 heterocycles. The summed E-state index contributed by atoms with van der Waals surface area (Å²) >= 11 is 11.5. The molecule has 0 unspecified atom stereocenters. The van der Waals surface area contributed by atoms with Crippen LogP contribution < -0.4 is 10.2 Å². The number of hydrogen-bond donors (Lipinski definition) is 2. The summed E-state index contributed by atoms with van der Waals surface area (Å²) in [6.45, 7) is 5.21. The molecular weight excluding hydrogens is 350 g/mol. The molecule has 0 radical (unpaired) electrons. The molecule has 1 fully saturated rings. The lowest BCUT2D eigenvalue weighted by atomic mass is 10.2. The highest BCUT2D eigenvalue weighted by Crippen LogP contribution is 2.14. The average molecular weight is 373 g/mol. The number of halogens is 1. The third-order valence-electron chi connectivity index (χ3n) is 4.37. The van der Waals surface area contributed by atoms with E-state index in [0.717, 1.165) is 48.5 Å². The summed E-state index contributed by atoms with van der Waals surface area (Å²) in [7, 11) is 0. The molecule has 3 rings (SSSR count). The van der Waals surface area contributed by atoms with E-state index in [-0.39, 0.29) is 0 Å². The van der Waals surface area contributed by atoms with Crippen LogP contribution in [0.5, 0.6) is 0 Å². The Balaban J connectivity index is 1.42. The van der Waals surface area contributed by atoms with Gasteiger partial charge in [-0.1, -0.05) is 48.0 Å². The van der Waals surface area contributed by atoms with Crippen LogP contribution in [0.15, 0.2) is 60.7 Å². The third kappa shape index (κ3) is 5.56. The molecule has 0 aliphatic carbocycles. The Morgan fingerprint density at radius 1 is 1.08 bits per heavy atom. The van der Waals surface area contributed by atoms with Gasteiger partial charge in [-0.2, -0.15) is 0 Å². The maximum atomic E-state index is 5.91. The number of thiocarbonyl (C=S) groups is 1. The number of benzene rings is 2. The van der Waals surface area contributed by atoms with Crippen molar-refractivity contribution in [1.29, 1.82) is 0 Å². The van der Waals surface area contributed by atoms with Gasteiger partial charge in [0.05, 0.1) is 32.7 Å². The molecule has 0 amide bonds. The topological polar surface area (TPSA) is 19.7 Å². The van der Waals surface area contributed by atoms with Crippen LogP contribution in [0.4, 0.5) is 5.69 Å². The summed E-state index contributed by atoms with van der Waals surface area (Å²) in [5.74, 6) is 0. The first-order valence-electron chi connectivity index (χ1n) is 8.57. The molecule has 1 aliphatic heterocycles. The number of anilines is 1. The number of quaternary nitrogens is 1. The zero-order valence-corrected chi connectivity index (χ0v) is 15.7. The summed E-state index contributed by atoms with van der Waals surface area (Å²) in [6.07, 6.45) is 4.47. The Morgan fingerprint density at radius 3 is 2.44 bits per heavy atom. The van der Waals surface area contributed by atoms with Crippen molar-refractivity contribution in [3.63, 3.8) is 0 Å². The summed E-state index contributed by atoms with van der Waals surface area (Å²) < 4.78 is 0. The lowest BCUT2D eigenvalue weighted by molar-refractivity contribution is -0.897. The van der Waals surface area contributed by atoms with Gasteiger partial charge in [-0.25, -0.2) is 0 Å². The van der Waals surface area contributed by atoms with Gasteiger partial charge in [0.15, 0.2) is 5.11 Å². The SMILES string of the molecule is S=C(Nc1ccc(Cl)cc1)N1CC[NH+](C/C=C/c2ccccc2)CC1. The number of hydrogen-bond acceptors (Lipinski definition) is 1. The van der Waals surface area contributed by atoms with Gasteiger partial charge in [0, 0.05) is 10.7 Å². The fourth-order valence-electron chi connectivity index (χ4n) is 2.89. The average Bonchev–Trinajstić information content (AvgIpc) is 2.65. The van der Waals surface area contributed by atoms with Gasteiger partial charge in [-0.15, -0.1) is 0 Å². The maximum absolute atomic E-state index is 5.91. The molecule has 3 nitrogen and oxygen atoms in total. The second-order valence-corrected chi connectivity index (χ2v) is 7.01. The normalized spacial score (nSPS) is 15.5. The third-order valence-corrected chi connectivity index (χ3v) is 4.98. The Hall–Kier alpha value is -1.88. The van der Waals surface area contributed by atoms with Gasteiger partial charge in [-0.3, -0.25) is 0 Å². The molecule has 1 aliphatic rings. The van der Waals surface area contributed by atoms with Gasteiger partial charge in [0.1, 0.15) is 0 Å². The van der Waals surface area contributed by atoms with Crippen molar-refractivity contribution in [3.05, 3.63) is 71.3 Å². The van der Waals surface area contributed by atoms with Gasteiger partial charge in [0.25, 0.3) is 0 Å². The van der Waals surface area contributed by atoms with Crippen LogP contribution in [-0.4, -0.2) is 42.7 Å². The van der Waals surface area contributed by atoms with Crippen LogP contribution in [0, 0.1) is 0 Å². The minimum atomic E-state index is 0.734. The largest absolute Gasteiger partial charge is 0.338 e. The zero-order chi connectivity index (χ0) is 17.5. The molecule has 0 atom stereocenters. The van der Waals surface area contributed by atoms with E-state index in [9.17, 15) is 0 Å².